The standard InChI is InChI=1S/C8H10OS/c1-6-4-10-5-7(6)2-8-3-9-8/h4-5,8H,2-3H2,1H3. The van der Waals surface area contributed by atoms with Crippen molar-refractivity contribution < 1.29 is 4.74 Å². The van der Waals surface area contributed by atoms with E-state index in [0.717, 1.165) is 13.0 Å². The Bertz CT molecular complexity index is 225. The molecule has 2 heteroatoms. The molecule has 54 valence electrons. The Balaban J connectivity index is 2.08. The number of aryl methyl sites for hydroxylation is 1. The molecule has 1 aromatic heterocycles. The molecule has 0 saturated carbocycles. The Kier molecular flexibility index (Phi) is 1.51. The summed E-state index contributed by atoms with van der Waals surface area (Å²) < 4.78 is 5.14. The highest BCUT2D eigenvalue weighted by molar-refractivity contribution is 7.08. The predicted octanol–water partition coefficient (Wildman–Crippen LogP) is 2.00. The van der Waals surface area contributed by atoms with Crippen LogP contribution in [0, 0.1) is 6.92 Å². The van der Waals surface area contributed by atoms with Crippen molar-refractivity contribution in [3.05, 3.63) is 21.9 Å². The lowest BCUT2D eigenvalue weighted by molar-refractivity contribution is 0.407. The molecule has 1 aliphatic rings. The van der Waals surface area contributed by atoms with Gasteiger partial charge in [-0.3, -0.25) is 0 Å². The summed E-state index contributed by atoms with van der Waals surface area (Å²) in [4.78, 5) is 0. The maximum absolute atomic E-state index is 5.14. The smallest absolute Gasteiger partial charge is 0.0850 e. The van der Waals surface area contributed by atoms with Crippen LogP contribution in [0.25, 0.3) is 0 Å². The lowest BCUT2D eigenvalue weighted by Gasteiger charge is -1.92. The second kappa shape index (κ2) is 2.36. The minimum atomic E-state index is 0.535. The summed E-state index contributed by atoms with van der Waals surface area (Å²) in [7, 11) is 0. The van der Waals surface area contributed by atoms with E-state index < -0.39 is 0 Å². The molecule has 0 radical (unpaired) electrons. The van der Waals surface area contributed by atoms with E-state index in [9.17, 15) is 0 Å². The third-order valence-electron chi connectivity index (χ3n) is 1.81. The minimum absolute atomic E-state index is 0.535. The second-order valence-electron chi connectivity index (χ2n) is 2.74. The summed E-state index contributed by atoms with van der Waals surface area (Å²) in [5, 5.41) is 4.41. The largest absolute Gasteiger partial charge is 0.373 e. The van der Waals surface area contributed by atoms with Gasteiger partial charge in [0.15, 0.2) is 0 Å². The topological polar surface area (TPSA) is 12.5 Å². The first-order chi connectivity index (χ1) is 4.86. The molecule has 0 bridgehead atoms. The minimum Gasteiger partial charge on any atom is -0.373 e. The molecule has 1 atom stereocenters. The van der Waals surface area contributed by atoms with Gasteiger partial charge in [-0.2, -0.15) is 11.3 Å². The van der Waals surface area contributed by atoms with E-state index >= 15 is 0 Å². The Morgan fingerprint density at radius 2 is 2.50 bits per heavy atom. The van der Waals surface area contributed by atoms with Crippen molar-refractivity contribution in [1.82, 2.24) is 0 Å². The maximum Gasteiger partial charge on any atom is 0.0850 e. The quantitative estimate of drug-likeness (QED) is 0.593. The van der Waals surface area contributed by atoms with Gasteiger partial charge < -0.3 is 4.74 Å². The van der Waals surface area contributed by atoms with Crippen molar-refractivity contribution >= 4 is 11.3 Å². The van der Waals surface area contributed by atoms with Gasteiger partial charge in [-0.1, -0.05) is 0 Å². The normalized spacial score (nSPS) is 23.1. The van der Waals surface area contributed by atoms with Crippen molar-refractivity contribution in [2.24, 2.45) is 0 Å². The summed E-state index contributed by atoms with van der Waals surface area (Å²) in [6, 6.07) is 0. The van der Waals surface area contributed by atoms with Crippen molar-refractivity contribution in [3.63, 3.8) is 0 Å². The number of ether oxygens (including phenoxy) is 1. The summed E-state index contributed by atoms with van der Waals surface area (Å²) in [5.74, 6) is 0. The van der Waals surface area contributed by atoms with Crippen LogP contribution in [0.5, 0.6) is 0 Å². The van der Waals surface area contributed by atoms with Gasteiger partial charge in [-0.05, 0) is 28.8 Å². The molecule has 0 spiro atoms. The molecular formula is C8H10OS. The fourth-order valence-electron chi connectivity index (χ4n) is 1.03. The van der Waals surface area contributed by atoms with Gasteiger partial charge in [-0.25, -0.2) is 0 Å². The average Bonchev–Trinajstić information content (AvgIpc) is 2.62. The monoisotopic (exact) mass is 154 g/mol. The molecule has 0 aliphatic carbocycles. The van der Waals surface area contributed by atoms with Crippen molar-refractivity contribution in [2.75, 3.05) is 6.61 Å². The first-order valence-corrected chi connectivity index (χ1v) is 4.44. The van der Waals surface area contributed by atoms with E-state index in [1.807, 2.05) is 0 Å². The van der Waals surface area contributed by atoms with Gasteiger partial charge in [0, 0.05) is 6.42 Å². The zero-order valence-corrected chi connectivity index (χ0v) is 6.78. The fraction of sp³-hybridized carbons (Fsp3) is 0.500. The van der Waals surface area contributed by atoms with Gasteiger partial charge in [-0.15, -0.1) is 0 Å². The van der Waals surface area contributed by atoms with E-state index in [1.165, 1.54) is 11.1 Å². The fourth-order valence-corrected chi connectivity index (χ4v) is 1.90. The zero-order valence-electron chi connectivity index (χ0n) is 5.96. The molecule has 0 N–H and O–H groups in total. The van der Waals surface area contributed by atoms with Gasteiger partial charge in [0.1, 0.15) is 0 Å². The van der Waals surface area contributed by atoms with Crippen LogP contribution in [0.3, 0.4) is 0 Å². The highest BCUT2D eigenvalue weighted by Gasteiger charge is 2.23. The van der Waals surface area contributed by atoms with Crippen LogP contribution in [-0.4, -0.2) is 12.7 Å². The van der Waals surface area contributed by atoms with Crippen LogP contribution in [0.1, 0.15) is 11.1 Å². The molecule has 1 nitrogen and oxygen atoms in total. The third kappa shape index (κ3) is 1.22. The zero-order chi connectivity index (χ0) is 6.97. The highest BCUT2D eigenvalue weighted by Crippen LogP contribution is 2.21. The van der Waals surface area contributed by atoms with E-state index in [2.05, 4.69) is 17.7 Å². The SMILES string of the molecule is Cc1cscc1CC1CO1. The van der Waals surface area contributed by atoms with Crippen LogP contribution in [0.2, 0.25) is 0 Å². The number of rotatable bonds is 2. The molecule has 0 aromatic carbocycles. The van der Waals surface area contributed by atoms with Crippen LogP contribution in [-0.2, 0) is 11.2 Å². The van der Waals surface area contributed by atoms with Crippen LogP contribution in [0.4, 0.5) is 0 Å². The number of epoxide rings is 1. The first kappa shape index (κ1) is 6.38. The van der Waals surface area contributed by atoms with E-state index in [0.29, 0.717) is 6.10 Å². The van der Waals surface area contributed by atoms with Crippen LogP contribution < -0.4 is 0 Å². The molecule has 1 aliphatic heterocycles. The van der Waals surface area contributed by atoms with E-state index in [4.69, 9.17) is 4.74 Å². The van der Waals surface area contributed by atoms with Gasteiger partial charge in [0.25, 0.3) is 0 Å². The summed E-state index contributed by atoms with van der Waals surface area (Å²) in [6.07, 6.45) is 1.66. The maximum atomic E-state index is 5.14. The highest BCUT2D eigenvalue weighted by atomic mass is 32.1. The van der Waals surface area contributed by atoms with Crippen molar-refractivity contribution in [1.29, 1.82) is 0 Å². The molecule has 1 saturated heterocycles. The molecule has 2 rings (SSSR count). The molecule has 10 heavy (non-hydrogen) atoms. The van der Waals surface area contributed by atoms with Crippen LogP contribution in [0.15, 0.2) is 10.8 Å². The van der Waals surface area contributed by atoms with Crippen molar-refractivity contribution in [2.45, 2.75) is 19.4 Å². The lowest BCUT2D eigenvalue weighted by Crippen LogP contribution is -1.91. The lowest BCUT2D eigenvalue weighted by atomic mass is 10.1. The number of hydrogen-bond donors (Lipinski definition) is 0. The second-order valence-corrected chi connectivity index (χ2v) is 3.48. The number of hydrogen-bond acceptors (Lipinski definition) is 2. The molecule has 2 heterocycles. The molecule has 1 aromatic rings. The van der Waals surface area contributed by atoms with E-state index in [-0.39, 0.29) is 0 Å². The number of thiophene rings is 1. The van der Waals surface area contributed by atoms with Crippen molar-refractivity contribution in [3.8, 4) is 0 Å². The third-order valence-corrected chi connectivity index (χ3v) is 2.72. The average molecular weight is 154 g/mol. The Labute approximate surface area is 64.6 Å². The van der Waals surface area contributed by atoms with E-state index in [1.54, 1.807) is 11.3 Å². The van der Waals surface area contributed by atoms with Gasteiger partial charge >= 0.3 is 0 Å². The molecular weight excluding hydrogens is 144 g/mol. The summed E-state index contributed by atoms with van der Waals surface area (Å²) in [5.41, 5.74) is 2.88. The van der Waals surface area contributed by atoms with Crippen LogP contribution >= 0.6 is 11.3 Å². The Morgan fingerprint density at radius 3 is 3.00 bits per heavy atom. The Hall–Kier alpha value is -0.340. The predicted molar refractivity (Wildman–Crippen MR) is 42.5 cm³/mol. The molecule has 0 amide bonds. The first-order valence-electron chi connectivity index (χ1n) is 3.49. The molecule has 1 fully saturated rings. The summed E-state index contributed by atoms with van der Waals surface area (Å²) >= 11 is 1.78. The van der Waals surface area contributed by atoms with Gasteiger partial charge in [0.2, 0.25) is 0 Å². The summed E-state index contributed by atoms with van der Waals surface area (Å²) in [6.45, 7) is 3.13. The van der Waals surface area contributed by atoms with Gasteiger partial charge in [0.05, 0.1) is 12.7 Å². The molecule has 1 unspecified atom stereocenters. The Morgan fingerprint density at radius 1 is 1.70 bits per heavy atom.